The minimum absolute atomic E-state index is 0.0140. The third-order valence-corrected chi connectivity index (χ3v) is 9.14. The van der Waals surface area contributed by atoms with Crippen LogP contribution in [0.3, 0.4) is 0 Å². The van der Waals surface area contributed by atoms with E-state index in [9.17, 15) is 28.8 Å². The van der Waals surface area contributed by atoms with Crippen LogP contribution in [0.5, 0.6) is 0 Å². The smallest absolute Gasteiger partial charge is 0.305 e. The van der Waals surface area contributed by atoms with Gasteiger partial charge in [-0.1, -0.05) is 117 Å². The number of ether oxygens (including phenoxy) is 2. The number of carboxylic acids is 1. The van der Waals surface area contributed by atoms with Gasteiger partial charge in [-0.15, -0.1) is 0 Å². The first-order chi connectivity index (χ1) is 25.7. The van der Waals surface area contributed by atoms with Crippen LogP contribution in [0.4, 0.5) is 0 Å². The number of carbonyl (C=O) groups is 6. The number of aliphatic carboxylic acids is 1. The van der Waals surface area contributed by atoms with E-state index in [4.69, 9.17) is 14.6 Å². The lowest BCUT2D eigenvalue weighted by Crippen LogP contribution is -2.47. The van der Waals surface area contributed by atoms with Crippen LogP contribution in [0.2, 0.25) is 0 Å². The van der Waals surface area contributed by atoms with E-state index < -0.39 is 23.8 Å². The standard InChI is InChI=1S/C41H75N3O9/c1-3-5-7-9-11-13-15-17-19-25-39(49)52-33-23-21-31-42-36(45)28-27-35(44-37(46)29-30-38(47)48)41(51)43-32-22-24-34-53-40(50)26-20-18-16-14-12-10-8-6-4-2/h35H,3-34H2,1-2H3,(H,42,45)(H,43,51)(H,44,46)(H,47,48). The summed E-state index contributed by atoms with van der Waals surface area (Å²) in [5.41, 5.74) is 0. The first kappa shape index (κ1) is 49.8. The molecule has 308 valence electrons. The van der Waals surface area contributed by atoms with Gasteiger partial charge < -0.3 is 30.5 Å². The summed E-state index contributed by atoms with van der Waals surface area (Å²) in [6, 6.07) is -0.999. The van der Waals surface area contributed by atoms with E-state index in [-0.39, 0.29) is 50.1 Å². The lowest BCUT2D eigenvalue weighted by Gasteiger charge is -2.18. The van der Waals surface area contributed by atoms with Crippen molar-refractivity contribution in [3.8, 4) is 0 Å². The quantitative estimate of drug-likeness (QED) is 0.0361. The van der Waals surface area contributed by atoms with Gasteiger partial charge in [0.1, 0.15) is 6.04 Å². The van der Waals surface area contributed by atoms with E-state index in [1.165, 1.54) is 77.0 Å². The van der Waals surface area contributed by atoms with Crippen LogP contribution in [0, 0.1) is 0 Å². The number of nitrogens with one attached hydrogen (secondary N) is 3. The molecule has 0 aromatic rings. The van der Waals surface area contributed by atoms with Crippen LogP contribution in [0.1, 0.15) is 194 Å². The van der Waals surface area contributed by atoms with Crippen molar-refractivity contribution in [3.05, 3.63) is 0 Å². The van der Waals surface area contributed by atoms with Crippen molar-refractivity contribution in [2.75, 3.05) is 26.3 Å². The summed E-state index contributed by atoms with van der Waals surface area (Å²) >= 11 is 0. The molecule has 0 aromatic heterocycles. The van der Waals surface area contributed by atoms with Gasteiger partial charge in [0.05, 0.1) is 19.6 Å². The van der Waals surface area contributed by atoms with E-state index in [0.29, 0.717) is 58.2 Å². The van der Waals surface area contributed by atoms with Crippen LogP contribution in [-0.2, 0) is 38.2 Å². The highest BCUT2D eigenvalue weighted by Gasteiger charge is 2.22. The molecular weight excluding hydrogens is 678 g/mol. The van der Waals surface area contributed by atoms with Crippen molar-refractivity contribution in [2.45, 2.75) is 200 Å². The molecule has 0 radical (unpaired) electrons. The van der Waals surface area contributed by atoms with Gasteiger partial charge in [-0.25, -0.2) is 0 Å². The van der Waals surface area contributed by atoms with E-state index in [0.717, 1.165) is 38.5 Å². The monoisotopic (exact) mass is 754 g/mol. The molecular formula is C41H75N3O9. The molecule has 0 saturated carbocycles. The average Bonchev–Trinajstić information content (AvgIpc) is 3.13. The largest absolute Gasteiger partial charge is 0.481 e. The molecule has 0 fully saturated rings. The van der Waals surface area contributed by atoms with Gasteiger partial charge in [-0.2, -0.15) is 0 Å². The maximum Gasteiger partial charge on any atom is 0.305 e. The summed E-state index contributed by atoms with van der Waals surface area (Å²) < 4.78 is 10.6. The Hall–Kier alpha value is -3.18. The summed E-state index contributed by atoms with van der Waals surface area (Å²) in [7, 11) is 0. The molecule has 53 heavy (non-hydrogen) atoms. The third-order valence-electron chi connectivity index (χ3n) is 9.14. The van der Waals surface area contributed by atoms with Gasteiger partial charge in [-0.3, -0.25) is 28.8 Å². The highest BCUT2D eigenvalue weighted by Crippen LogP contribution is 2.12. The summed E-state index contributed by atoms with van der Waals surface area (Å²) in [6.45, 7) is 5.69. The predicted molar refractivity (Wildman–Crippen MR) is 208 cm³/mol. The van der Waals surface area contributed by atoms with E-state index in [1.807, 2.05) is 0 Å². The molecule has 0 aromatic carbocycles. The Balaban J connectivity index is 4.19. The van der Waals surface area contributed by atoms with Gasteiger partial charge in [0.25, 0.3) is 0 Å². The van der Waals surface area contributed by atoms with Crippen molar-refractivity contribution in [1.29, 1.82) is 0 Å². The molecule has 0 aliphatic rings. The zero-order valence-corrected chi connectivity index (χ0v) is 33.4. The molecule has 1 atom stereocenters. The van der Waals surface area contributed by atoms with Gasteiger partial charge in [0.15, 0.2) is 0 Å². The number of hydrogen-bond donors (Lipinski definition) is 4. The maximum absolute atomic E-state index is 12.9. The van der Waals surface area contributed by atoms with Crippen LogP contribution in [-0.4, -0.2) is 73.1 Å². The molecule has 0 rings (SSSR count). The lowest BCUT2D eigenvalue weighted by atomic mass is 10.1. The number of rotatable bonds is 38. The number of carboxylic acid groups (broad SMARTS) is 1. The fourth-order valence-electron chi connectivity index (χ4n) is 5.81. The van der Waals surface area contributed by atoms with Crippen molar-refractivity contribution in [3.63, 3.8) is 0 Å². The van der Waals surface area contributed by atoms with E-state index in [2.05, 4.69) is 29.8 Å². The van der Waals surface area contributed by atoms with Crippen LogP contribution >= 0.6 is 0 Å². The van der Waals surface area contributed by atoms with Crippen LogP contribution < -0.4 is 16.0 Å². The van der Waals surface area contributed by atoms with Gasteiger partial charge in [-0.05, 0) is 44.9 Å². The topological polar surface area (TPSA) is 177 Å². The Morgan fingerprint density at radius 2 is 0.906 bits per heavy atom. The van der Waals surface area contributed by atoms with Crippen molar-refractivity contribution in [1.82, 2.24) is 16.0 Å². The first-order valence-electron chi connectivity index (χ1n) is 21.1. The second-order valence-corrected chi connectivity index (χ2v) is 14.2. The summed E-state index contributed by atoms with van der Waals surface area (Å²) in [5.74, 6) is -2.85. The van der Waals surface area contributed by atoms with Crippen LogP contribution in [0.15, 0.2) is 0 Å². The minimum Gasteiger partial charge on any atom is -0.481 e. The minimum atomic E-state index is -1.12. The summed E-state index contributed by atoms with van der Waals surface area (Å²) in [6.07, 6.45) is 23.9. The number of amides is 3. The number of hydrogen-bond acceptors (Lipinski definition) is 8. The molecule has 0 heterocycles. The van der Waals surface area contributed by atoms with Gasteiger partial charge in [0, 0.05) is 38.8 Å². The first-order valence-corrected chi connectivity index (χ1v) is 21.1. The molecule has 0 aliphatic carbocycles. The zero-order valence-electron chi connectivity index (χ0n) is 33.4. The maximum atomic E-state index is 12.9. The van der Waals surface area contributed by atoms with Gasteiger partial charge >= 0.3 is 17.9 Å². The second-order valence-electron chi connectivity index (χ2n) is 14.2. The normalized spacial score (nSPS) is 11.4. The Labute approximate surface area is 320 Å². The zero-order chi connectivity index (χ0) is 39.2. The molecule has 0 bridgehead atoms. The summed E-state index contributed by atoms with van der Waals surface area (Å²) in [5, 5.41) is 17.0. The summed E-state index contributed by atoms with van der Waals surface area (Å²) in [4.78, 5) is 72.4. The van der Waals surface area contributed by atoms with E-state index in [1.54, 1.807) is 0 Å². The molecule has 12 heteroatoms. The fourth-order valence-corrected chi connectivity index (χ4v) is 5.81. The van der Waals surface area contributed by atoms with Crippen molar-refractivity contribution in [2.24, 2.45) is 0 Å². The molecule has 0 spiro atoms. The Kier molecular flexibility index (Phi) is 34.9. The molecule has 1 unspecified atom stereocenters. The molecule has 3 amide bonds. The van der Waals surface area contributed by atoms with Crippen molar-refractivity contribution < 1.29 is 43.3 Å². The second kappa shape index (κ2) is 37.1. The lowest BCUT2D eigenvalue weighted by molar-refractivity contribution is -0.144. The highest BCUT2D eigenvalue weighted by molar-refractivity contribution is 5.89. The molecule has 4 N–H and O–H groups in total. The van der Waals surface area contributed by atoms with E-state index >= 15 is 0 Å². The molecule has 12 nitrogen and oxygen atoms in total. The third kappa shape index (κ3) is 35.6. The Morgan fingerprint density at radius 3 is 1.36 bits per heavy atom. The highest BCUT2D eigenvalue weighted by atomic mass is 16.5. The Bertz CT molecular complexity index is 976. The fraction of sp³-hybridized carbons (Fsp3) is 0.854. The Morgan fingerprint density at radius 1 is 0.472 bits per heavy atom. The molecule has 0 saturated heterocycles. The predicted octanol–water partition coefficient (Wildman–Crippen LogP) is 7.84. The SMILES string of the molecule is CCCCCCCCCCCC(=O)OCCCCNC(=O)CCC(NC(=O)CCC(=O)O)C(=O)NCCCCOC(=O)CCCCCCCCCCC. The average molecular weight is 754 g/mol. The number of esters is 2. The number of carbonyl (C=O) groups excluding carboxylic acids is 5. The number of unbranched alkanes of at least 4 members (excludes halogenated alkanes) is 18. The van der Waals surface area contributed by atoms with Crippen molar-refractivity contribution >= 4 is 35.6 Å². The van der Waals surface area contributed by atoms with Gasteiger partial charge in [0.2, 0.25) is 17.7 Å². The molecule has 0 aliphatic heterocycles. The van der Waals surface area contributed by atoms with Crippen LogP contribution in [0.25, 0.3) is 0 Å².